The van der Waals surface area contributed by atoms with Crippen LogP contribution in [-0.4, -0.2) is 43.5 Å². The van der Waals surface area contributed by atoms with Crippen LogP contribution in [0.2, 0.25) is 0 Å². The average Bonchev–Trinajstić information content (AvgIpc) is 3.14. The van der Waals surface area contributed by atoms with E-state index in [4.69, 9.17) is 4.74 Å². The first-order valence-corrected chi connectivity index (χ1v) is 11.3. The number of hydrogen-bond acceptors (Lipinski definition) is 6. The Balaban J connectivity index is 1.69. The van der Waals surface area contributed by atoms with Gasteiger partial charge in [-0.2, -0.15) is 0 Å². The van der Waals surface area contributed by atoms with Gasteiger partial charge in [-0.25, -0.2) is 12.8 Å². The summed E-state index contributed by atoms with van der Waals surface area (Å²) in [5, 5.41) is 0.648. The van der Waals surface area contributed by atoms with Gasteiger partial charge in [-0.05, 0) is 18.2 Å². The summed E-state index contributed by atoms with van der Waals surface area (Å²) >= 11 is 1.46. The Bertz CT molecular complexity index is 994. The summed E-state index contributed by atoms with van der Waals surface area (Å²) in [5.74, 6) is 0.634. The number of sulfone groups is 1. The number of benzene rings is 2. The molecule has 1 saturated heterocycles. The number of hydrogen-bond donors (Lipinski definition) is 0. The van der Waals surface area contributed by atoms with Crippen LogP contribution in [0.15, 0.2) is 53.5 Å². The van der Waals surface area contributed by atoms with Crippen LogP contribution < -0.4 is 9.64 Å². The van der Waals surface area contributed by atoms with E-state index >= 15 is 0 Å². The molecule has 2 atom stereocenters. The third-order valence-corrected chi connectivity index (χ3v) is 7.93. The van der Waals surface area contributed by atoms with Crippen molar-refractivity contribution in [1.82, 2.24) is 0 Å². The molecule has 2 aromatic carbocycles. The molecule has 4 rings (SSSR count). The average molecular weight is 407 g/mol. The van der Waals surface area contributed by atoms with Gasteiger partial charge in [-0.15, -0.1) is 0 Å². The SMILES string of the molecule is COc1cccc(N(Cc2ccccc2F)C2=N[C@H]3CS(=O)(=O)C[C@H]3S2)c1. The molecule has 0 aromatic heterocycles. The summed E-state index contributed by atoms with van der Waals surface area (Å²) in [5.41, 5.74) is 1.37. The highest BCUT2D eigenvalue weighted by atomic mass is 32.2. The maximum absolute atomic E-state index is 14.3. The second-order valence-electron chi connectivity index (χ2n) is 6.59. The molecule has 2 heterocycles. The van der Waals surface area contributed by atoms with E-state index < -0.39 is 9.84 Å². The Hall–Kier alpha value is -2.06. The Kier molecular flexibility index (Phi) is 4.86. The predicted octanol–water partition coefficient (Wildman–Crippen LogP) is 3.11. The van der Waals surface area contributed by atoms with E-state index in [0.29, 0.717) is 17.9 Å². The van der Waals surface area contributed by atoms with Crippen molar-refractivity contribution in [3.05, 3.63) is 59.9 Å². The number of fused-ring (bicyclic) bond motifs is 1. The number of halogens is 1. The second-order valence-corrected chi connectivity index (χ2v) is 9.95. The molecule has 0 saturated carbocycles. The lowest BCUT2D eigenvalue weighted by atomic mass is 10.2. The van der Waals surface area contributed by atoms with Crippen molar-refractivity contribution >= 4 is 32.5 Å². The Morgan fingerprint density at radius 1 is 1.22 bits per heavy atom. The molecule has 0 unspecified atom stereocenters. The van der Waals surface area contributed by atoms with Crippen LogP contribution in [0.4, 0.5) is 10.1 Å². The van der Waals surface area contributed by atoms with Gasteiger partial charge in [0.05, 0.1) is 31.2 Å². The first-order chi connectivity index (χ1) is 12.9. The lowest BCUT2D eigenvalue weighted by Gasteiger charge is -2.25. The van der Waals surface area contributed by atoms with Gasteiger partial charge < -0.3 is 9.64 Å². The molecule has 2 aliphatic rings. The summed E-state index contributed by atoms with van der Waals surface area (Å²) in [7, 11) is -1.43. The highest BCUT2D eigenvalue weighted by Crippen LogP contribution is 2.38. The molecule has 0 spiro atoms. The van der Waals surface area contributed by atoms with Gasteiger partial charge in [0.2, 0.25) is 0 Å². The summed E-state index contributed by atoms with van der Waals surface area (Å²) in [6.07, 6.45) is 0. The number of rotatable bonds is 4. The monoisotopic (exact) mass is 406 g/mol. The number of amidine groups is 1. The van der Waals surface area contributed by atoms with E-state index in [9.17, 15) is 12.8 Å². The minimum Gasteiger partial charge on any atom is -0.497 e. The van der Waals surface area contributed by atoms with Gasteiger partial charge in [0.15, 0.2) is 15.0 Å². The van der Waals surface area contributed by atoms with Crippen LogP contribution >= 0.6 is 11.8 Å². The number of ether oxygens (including phenoxy) is 1. The molecule has 0 N–H and O–H groups in total. The highest BCUT2D eigenvalue weighted by molar-refractivity contribution is 8.15. The van der Waals surface area contributed by atoms with Crippen molar-refractivity contribution in [3.8, 4) is 5.75 Å². The van der Waals surface area contributed by atoms with Crippen LogP contribution in [0, 0.1) is 5.82 Å². The molecule has 0 bridgehead atoms. The van der Waals surface area contributed by atoms with Crippen LogP contribution in [-0.2, 0) is 16.4 Å². The van der Waals surface area contributed by atoms with Crippen molar-refractivity contribution in [2.24, 2.45) is 4.99 Å². The van der Waals surface area contributed by atoms with Gasteiger partial charge in [0.1, 0.15) is 11.6 Å². The molecule has 0 amide bonds. The largest absolute Gasteiger partial charge is 0.497 e. The number of aliphatic imine (C=N–C) groups is 1. The molecule has 142 valence electrons. The number of thioether (sulfide) groups is 1. The Morgan fingerprint density at radius 3 is 2.78 bits per heavy atom. The summed E-state index contributed by atoms with van der Waals surface area (Å²) in [4.78, 5) is 6.59. The van der Waals surface area contributed by atoms with Crippen molar-refractivity contribution in [1.29, 1.82) is 0 Å². The number of nitrogens with zero attached hydrogens (tertiary/aromatic N) is 2. The molecule has 5 nitrogen and oxygen atoms in total. The quantitative estimate of drug-likeness (QED) is 0.781. The fourth-order valence-corrected chi connectivity index (χ4v) is 7.10. The van der Waals surface area contributed by atoms with E-state index in [1.807, 2.05) is 29.2 Å². The third kappa shape index (κ3) is 3.82. The van der Waals surface area contributed by atoms with Gasteiger partial charge in [-0.3, -0.25) is 4.99 Å². The van der Waals surface area contributed by atoms with Crippen LogP contribution in [0.5, 0.6) is 5.75 Å². The summed E-state index contributed by atoms with van der Waals surface area (Å²) in [6, 6.07) is 13.9. The Morgan fingerprint density at radius 2 is 2.04 bits per heavy atom. The van der Waals surface area contributed by atoms with Crippen LogP contribution in [0.1, 0.15) is 5.56 Å². The van der Waals surface area contributed by atoms with Gasteiger partial charge >= 0.3 is 0 Å². The topological polar surface area (TPSA) is 59.0 Å². The van der Waals surface area contributed by atoms with Crippen LogP contribution in [0.3, 0.4) is 0 Å². The van der Waals surface area contributed by atoms with E-state index in [1.54, 1.807) is 25.3 Å². The van der Waals surface area contributed by atoms with Crippen molar-refractivity contribution in [2.75, 3.05) is 23.5 Å². The van der Waals surface area contributed by atoms with E-state index in [0.717, 1.165) is 10.9 Å². The zero-order valence-corrected chi connectivity index (χ0v) is 16.3. The van der Waals surface area contributed by atoms with Gasteiger partial charge in [-0.1, -0.05) is 36.0 Å². The normalized spacial score (nSPS) is 23.0. The maximum Gasteiger partial charge on any atom is 0.164 e. The fraction of sp³-hybridized carbons (Fsp3) is 0.316. The van der Waals surface area contributed by atoms with Crippen LogP contribution in [0.25, 0.3) is 0 Å². The minimum absolute atomic E-state index is 0.0706. The number of anilines is 1. The molecule has 27 heavy (non-hydrogen) atoms. The third-order valence-electron chi connectivity index (χ3n) is 4.69. The molecular weight excluding hydrogens is 387 g/mol. The first-order valence-electron chi connectivity index (χ1n) is 8.55. The Labute approximate surface area is 162 Å². The molecule has 8 heteroatoms. The van der Waals surface area contributed by atoms with E-state index in [2.05, 4.69) is 4.99 Å². The first kappa shape index (κ1) is 18.3. The lowest BCUT2D eigenvalue weighted by molar-refractivity contribution is 0.415. The second kappa shape index (κ2) is 7.16. The molecule has 2 aliphatic heterocycles. The van der Waals surface area contributed by atoms with Crippen molar-refractivity contribution in [2.45, 2.75) is 17.8 Å². The van der Waals surface area contributed by atoms with Crippen molar-refractivity contribution in [3.63, 3.8) is 0 Å². The van der Waals surface area contributed by atoms with Gasteiger partial charge in [0.25, 0.3) is 0 Å². The predicted molar refractivity (Wildman–Crippen MR) is 107 cm³/mol. The molecule has 2 aromatic rings. The minimum atomic E-state index is -3.02. The number of methoxy groups -OCH3 is 1. The summed E-state index contributed by atoms with van der Waals surface area (Å²) in [6.45, 7) is 0.303. The lowest BCUT2D eigenvalue weighted by Crippen LogP contribution is -2.28. The molecule has 0 radical (unpaired) electrons. The zero-order chi connectivity index (χ0) is 19.0. The van der Waals surface area contributed by atoms with Gasteiger partial charge in [0, 0.05) is 22.6 Å². The van der Waals surface area contributed by atoms with E-state index in [-0.39, 0.29) is 28.6 Å². The maximum atomic E-state index is 14.3. The smallest absolute Gasteiger partial charge is 0.164 e. The standard InChI is InChI=1S/C19H19FN2O3S2/c1-25-15-7-4-6-14(9-15)22(10-13-5-2-3-8-16(13)20)19-21-17-11-27(23,24)12-18(17)26-19/h2-9,17-18H,10-12H2,1H3/t17-,18+/m0/s1. The fourth-order valence-electron chi connectivity index (χ4n) is 3.32. The molecule has 0 aliphatic carbocycles. The highest BCUT2D eigenvalue weighted by Gasteiger charge is 2.44. The molecule has 1 fully saturated rings. The van der Waals surface area contributed by atoms with E-state index in [1.165, 1.54) is 17.8 Å². The molecular formula is C19H19FN2O3S2. The zero-order valence-electron chi connectivity index (χ0n) is 14.7. The van der Waals surface area contributed by atoms with Crippen molar-refractivity contribution < 1.29 is 17.5 Å². The summed E-state index contributed by atoms with van der Waals surface area (Å²) < 4.78 is 43.3.